The molecular formula is C15H20. The molecule has 1 aliphatic carbocycles. The van der Waals surface area contributed by atoms with E-state index in [0.29, 0.717) is 0 Å². The van der Waals surface area contributed by atoms with E-state index in [1.165, 1.54) is 33.4 Å². The molecule has 0 amide bonds. The third-order valence-corrected chi connectivity index (χ3v) is 4.28. The summed E-state index contributed by atoms with van der Waals surface area (Å²) in [5.74, 6) is 0. The van der Waals surface area contributed by atoms with Crippen molar-refractivity contribution in [2.75, 3.05) is 0 Å². The van der Waals surface area contributed by atoms with Gasteiger partial charge in [0.05, 0.1) is 0 Å². The summed E-state index contributed by atoms with van der Waals surface area (Å²) < 4.78 is 0. The molecule has 2 rings (SSSR count). The summed E-state index contributed by atoms with van der Waals surface area (Å²) >= 11 is 0. The zero-order valence-electron chi connectivity index (χ0n) is 10.7. The molecule has 0 N–H and O–H groups in total. The SMILES string of the molecule is CC1=C(C)C(C)(C)c2ccc(C)c(C)c21. The molecule has 0 bridgehead atoms. The standard InChI is InChI=1S/C15H20/c1-9-7-8-13-14(10(9)2)11(3)12(4)15(13,5)6/h7-8H,1-6H3. The molecular weight excluding hydrogens is 180 g/mol. The van der Waals surface area contributed by atoms with Gasteiger partial charge in [-0.05, 0) is 55.5 Å². The van der Waals surface area contributed by atoms with Gasteiger partial charge in [0.25, 0.3) is 0 Å². The van der Waals surface area contributed by atoms with Crippen molar-refractivity contribution in [3.8, 4) is 0 Å². The molecule has 0 radical (unpaired) electrons. The second-order valence-corrected chi connectivity index (χ2v) is 5.31. The second-order valence-electron chi connectivity index (χ2n) is 5.31. The molecule has 1 aliphatic rings. The minimum atomic E-state index is 0.220. The number of hydrogen-bond acceptors (Lipinski definition) is 0. The molecule has 1 aromatic carbocycles. The highest BCUT2D eigenvalue weighted by Gasteiger charge is 2.34. The average molecular weight is 200 g/mol. The Hall–Kier alpha value is -1.04. The largest absolute Gasteiger partial charge is 0.0597 e. The summed E-state index contributed by atoms with van der Waals surface area (Å²) in [5, 5.41) is 0. The summed E-state index contributed by atoms with van der Waals surface area (Å²) in [6, 6.07) is 4.56. The van der Waals surface area contributed by atoms with Gasteiger partial charge in [0.15, 0.2) is 0 Å². The quantitative estimate of drug-likeness (QED) is 0.582. The van der Waals surface area contributed by atoms with E-state index in [1.807, 2.05) is 0 Å². The molecule has 0 nitrogen and oxygen atoms in total. The fourth-order valence-electron chi connectivity index (χ4n) is 2.68. The van der Waals surface area contributed by atoms with Crippen molar-refractivity contribution in [3.63, 3.8) is 0 Å². The molecule has 0 heteroatoms. The maximum Gasteiger partial charge on any atom is 0.0114 e. The normalized spacial score (nSPS) is 18.3. The molecule has 15 heavy (non-hydrogen) atoms. The molecule has 0 unspecified atom stereocenters. The van der Waals surface area contributed by atoms with E-state index in [1.54, 1.807) is 0 Å². The van der Waals surface area contributed by atoms with Crippen LogP contribution in [0.1, 0.15) is 49.9 Å². The Balaban J connectivity index is 2.82. The molecule has 0 fully saturated rings. The van der Waals surface area contributed by atoms with Crippen LogP contribution in [0.5, 0.6) is 0 Å². The first kappa shape index (κ1) is 10.5. The first-order valence-electron chi connectivity index (χ1n) is 5.66. The summed E-state index contributed by atoms with van der Waals surface area (Å²) in [6.07, 6.45) is 0. The Morgan fingerprint density at radius 1 is 0.933 bits per heavy atom. The third-order valence-electron chi connectivity index (χ3n) is 4.28. The zero-order chi connectivity index (χ0) is 11.4. The van der Waals surface area contributed by atoms with Gasteiger partial charge >= 0.3 is 0 Å². The number of rotatable bonds is 0. The lowest BCUT2D eigenvalue weighted by Crippen LogP contribution is -2.15. The Morgan fingerprint density at radius 2 is 1.53 bits per heavy atom. The van der Waals surface area contributed by atoms with Crippen LogP contribution in [0.2, 0.25) is 0 Å². The molecule has 0 saturated heterocycles. The number of allylic oxidation sites excluding steroid dienone is 2. The third kappa shape index (κ3) is 1.20. The van der Waals surface area contributed by atoms with Crippen LogP contribution in [0.4, 0.5) is 0 Å². The van der Waals surface area contributed by atoms with Gasteiger partial charge in [0, 0.05) is 5.41 Å². The van der Waals surface area contributed by atoms with Crippen molar-refractivity contribution in [2.45, 2.75) is 47.0 Å². The van der Waals surface area contributed by atoms with Crippen LogP contribution in [-0.4, -0.2) is 0 Å². The molecule has 0 saturated carbocycles. The van der Waals surface area contributed by atoms with Crippen LogP contribution in [0.3, 0.4) is 0 Å². The first-order valence-corrected chi connectivity index (χ1v) is 5.66. The Kier molecular flexibility index (Phi) is 2.08. The van der Waals surface area contributed by atoms with Crippen LogP contribution in [0.15, 0.2) is 17.7 Å². The van der Waals surface area contributed by atoms with Gasteiger partial charge in [-0.2, -0.15) is 0 Å². The van der Waals surface area contributed by atoms with E-state index >= 15 is 0 Å². The monoisotopic (exact) mass is 200 g/mol. The van der Waals surface area contributed by atoms with Crippen LogP contribution in [0, 0.1) is 13.8 Å². The molecule has 0 spiro atoms. The predicted molar refractivity (Wildman–Crippen MR) is 67.2 cm³/mol. The van der Waals surface area contributed by atoms with Crippen molar-refractivity contribution < 1.29 is 0 Å². The van der Waals surface area contributed by atoms with Crippen LogP contribution < -0.4 is 0 Å². The highest BCUT2D eigenvalue weighted by Crippen LogP contribution is 2.47. The summed E-state index contributed by atoms with van der Waals surface area (Å²) in [5.41, 5.74) is 9.08. The fourth-order valence-corrected chi connectivity index (χ4v) is 2.68. The summed E-state index contributed by atoms with van der Waals surface area (Å²) in [6.45, 7) is 13.6. The lowest BCUT2D eigenvalue weighted by Gasteiger charge is -2.23. The fraction of sp³-hybridized carbons (Fsp3) is 0.467. The van der Waals surface area contributed by atoms with Crippen molar-refractivity contribution in [1.29, 1.82) is 0 Å². The molecule has 0 heterocycles. The first-order chi connectivity index (χ1) is 6.87. The molecule has 0 aliphatic heterocycles. The van der Waals surface area contributed by atoms with Crippen LogP contribution in [0.25, 0.3) is 5.57 Å². The number of aryl methyl sites for hydroxylation is 1. The van der Waals surface area contributed by atoms with E-state index in [9.17, 15) is 0 Å². The van der Waals surface area contributed by atoms with Gasteiger partial charge < -0.3 is 0 Å². The van der Waals surface area contributed by atoms with Crippen molar-refractivity contribution >= 4 is 5.57 Å². The highest BCUT2D eigenvalue weighted by atomic mass is 14.4. The molecule has 80 valence electrons. The van der Waals surface area contributed by atoms with Crippen molar-refractivity contribution in [1.82, 2.24) is 0 Å². The minimum Gasteiger partial charge on any atom is -0.0597 e. The molecule has 0 aromatic heterocycles. The van der Waals surface area contributed by atoms with E-state index in [2.05, 4.69) is 53.7 Å². The maximum atomic E-state index is 2.33. The summed E-state index contributed by atoms with van der Waals surface area (Å²) in [7, 11) is 0. The zero-order valence-corrected chi connectivity index (χ0v) is 10.7. The van der Waals surface area contributed by atoms with Crippen molar-refractivity contribution in [2.24, 2.45) is 0 Å². The predicted octanol–water partition coefficient (Wildman–Crippen LogP) is 4.39. The average Bonchev–Trinajstić information content (AvgIpc) is 2.34. The highest BCUT2D eigenvalue weighted by molar-refractivity contribution is 5.80. The van der Waals surface area contributed by atoms with Gasteiger partial charge in [-0.25, -0.2) is 0 Å². The van der Waals surface area contributed by atoms with E-state index < -0.39 is 0 Å². The van der Waals surface area contributed by atoms with E-state index in [0.717, 1.165) is 0 Å². The topological polar surface area (TPSA) is 0 Å². The van der Waals surface area contributed by atoms with E-state index in [-0.39, 0.29) is 5.41 Å². The van der Waals surface area contributed by atoms with Gasteiger partial charge in [0.2, 0.25) is 0 Å². The Bertz CT molecular complexity index is 459. The number of fused-ring (bicyclic) bond motifs is 1. The Labute approximate surface area is 93.0 Å². The molecule has 1 aromatic rings. The van der Waals surface area contributed by atoms with Crippen molar-refractivity contribution in [3.05, 3.63) is 40.0 Å². The smallest absolute Gasteiger partial charge is 0.0114 e. The van der Waals surface area contributed by atoms with E-state index in [4.69, 9.17) is 0 Å². The number of hydrogen-bond donors (Lipinski definition) is 0. The van der Waals surface area contributed by atoms with Gasteiger partial charge in [-0.3, -0.25) is 0 Å². The van der Waals surface area contributed by atoms with Gasteiger partial charge in [-0.15, -0.1) is 0 Å². The Morgan fingerprint density at radius 3 is 2.13 bits per heavy atom. The van der Waals surface area contributed by atoms with Crippen LogP contribution in [-0.2, 0) is 5.41 Å². The maximum absolute atomic E-state index is 2.33. The minimum absolute atomic E-state index is 0.220. The van der Waals surface area contributed by atoms with Gasteiger partial charge in [-0.1, -0.05) is 31.6 Å². The summed E-state index contributed by atoms with van der Waals surface area (Å²) in [4.78, 5) is 0. The lowest BCUT2D eigenvalue weighted by molar-refractivity contribution is 0.638. The molecule has 0 atom stereocenters. The van der Waals surface area contributed by atoms with Crippen LogP contribution >= 0.6 is 0 Å². The number of benzene rings is 1. The van der Waals surface area contributed by atoms with Gasteiger partial charge in [0.1, 0.15) is 0 Å². The second kappa shape index (κ2) is 2.98. The lowest BCUT2D eigenvalue weighted by atomic mass is 9.81.